The number of hydrogen-bond acceptors (Lipinski definition) is 7. The SMILES string of the molecule is Cc1cccc(NC(=O)N2CCN(c3cc(Cl)nc(SCC(=O)NCCN4CCCCC4)n3)C[C@H]2C)c1. The molecule has 2 fully saturated rings. The molecule has 1 aromatic heterocycles. The fourth-order valence-corrected chi connectivity index (χ4v) is 5.63. The number of carbonyl (C=O) groups is 2. The number of anilines is 2. The highest BCUT2D eigenvalue weighted by Gasteiger charge is 2.28. The molecule has 0 aliphatic carbocycles. The predicted octanol–water partition coefficient (Wildman–Crippen LogP) is 3.88. The van der Waals surface area contributed by atoms with Gasteiger partial charge in [0.2, 0.25) is 5.91 Å². The molecule has 3 amide bonds. The number of halogens is 1. The van der Waals surface area contributed by atoms with Crippen LogP contribution in [-0.4, -0.2) is 89.3 Å². The first-order chi connectivity index (χ1) is 17.9. The number of piperidine rings is 1. The molecule has 2 aliphatic heterocycles. The summed E-state index contributed by atoms with van der Waals surface area (Å²) in [5, 5.41) is 6.80. The van der Waals surface area contributed by atoms with Crippen LogP contribution in [0.3, 0.4) is 0 Å². The Morgan fingerprint density at radius 3 is 2.68 bits per heavy atom. The Bertz CT molecular complexity index is 1080. The minimum atomic E-state index is -0.110. The normalized spacial score (nSPS) is 18.5. The van der Waals surface area contributed by atoms with E-state index in [2.05, 4.69) is 30.4 Å². The topological polar surface area (TPSA) is 93.7 Å². The third-order valence-electron chi connectivity index (χ3n) is 6.67. The molecule has 0 spiro atoms. The first-order valence-electron chi connectivity index (χ1n) is 12.9. The number of likely N-dealkylation sites (tertiary alicyclic amines) is 1. The lowest BCUT2D eigenvalue weighted by Gasteiger charge is -2.40. The van der Waals surface area contributed by atoms with Crippen LogP contribution >= 0.6 is 23.4 Å². The van der Waals surface area contributed by atoms with Gasteiger partial charge in [0.05, 0.1) is 5.75 Å². The highest BCUT2D eigenvalue weighted by molar-refractivity contribution is 7.99. The van der Waals surface area contributed by atoms with Crippen molar-refractivity contribution < 1.29 is 9.59 Å². The van der Waals surface area contributed by atoms with Crippen molar-refractivity contribution in [1.82, 2.24) is 25.1 Å². The van der Waals surface area contributed by atoms with Gasteiger partial charge in [0.15, 0.2) is 5.16 Å². The van der Waals surface area contributed by atoms with Gasteiger partial charge >= 0.3 is 6.03 Å². The largest absolute Gasteiger partial charge is 0.354 e. The van der Waals surface area contributed by atoms with E-state index in [0.717, 1.165) is 30.9 Å². The van der Waals surface area contributed by atoms with Gasteiger partial charge in [-0.1, -0.05) is 41.9 Å². The molecule has 11 heteroatoms. The lowest BCUT2D eigenvalue weighted by molar-refractivity contribution is -0.118. The molecule has 0 saturated carbocycles. The summed E-state index contributed by atoms with van der Waals surface area (Å²) in [4.78, 5) is 40.5. The molecule has 2 N–H and O–H groups in total. The van der Waals surface area contributed by atoms with Gasteiger partial charge < -0.3 is 25.3 Å². The maximum Gasteiger partial charge on any atom is 0.322 e. The molecule has 2 aromatic rings. The van der Waals surface area contributed by atoms with Gasteiger partial charge in [-0.25, -0.2) is 14.8 Å². The molecule has 200 valence electrons. The second kappa shape index (κ2) is 13.3. The molecule has 1 atom stereocenters. The average molecular weight is 546 g/mol. The second-order valence-electron chi connectivity index (χ2n) is 9.66. The zero-order chi connectivity index (χ0) is 26.2. The van der Waals surface area contributed by atoms with E-state index in [1.54, 1.807) is 6.07 Å². The van der Waals surface area contributed by atoms with E-state index in [4.69, 9.17) is 11.6 Å². The lowest BCUT2D eigenvalue weighted by Crippen LogP contribution is -2.55. The number of benzene rings is 1. The van der Waals surface area contributed by atoms with E-state index in [-0.39, 0.29) is 23.7 Å². The number of aryl methyl sites for hydroxylation is 1. The summed E-state index contributed by atoms with van der Waals surface area (Å²) >= 11 is 7.58. The van der Waals surface area contributed by atoms with Crippen LogP contribution in [0.1, 0.15) is 31.7 Å². The molecule has 3 heterocycles. The number of urea groups is 1. The molecular formula is C26H36ClN7O2S. The molecule has 9 nitrogen and oxygen atoms in total. The maximum atomic E-state index is 12.9. The Kier molecular flexibility index (Phi) is 9.88. The van der Waals surface area contributed by atoms with Gasteiger partial charge in [0.1, 0.15) is 11.0 Å². The summed E-state index contributed by atoms with van der Waals surface area (Å²) in [5.41, 5.74) is 1.89. The number of nitrogens with zero attached hydrogens (tertiary/aromatic N) is 5. The van der Waals surface area contributed by atoms with Crippen molar-refractivity contribution in [1.29, 1.82) is 0 Å². The van der Waals surface area contributed by atoms with Gasteiger partial charge in [-0.3, -0.25) is 4.79 Å². The first kappa shape index (κ1) is 27.5. The summed E-state index contributed by atoms with van der Waals surface area (Å²) in [6.07, 6.45) is 3.79. The highest BCUT2D eigenvalue weighted by atomic mass is 35.5. The van der Waals surface area contributed by atoms with Gasteiger partial charge in [0.25, 0.3) is 0 Å². The zero-order valence-electron chi connectivity index (χ0n) is 21.6. The number of rotatable bonds is 8. The Labute approximate surface area is 228 Å². The van der Waals surface area contributed by atoms with Gasteiger partial charge in [-0.2, -0.15) is 0 Å². The van der Waals surface area contributed by atoms with Gasteiger partial charge in [0, 0.05) is 50.5 Å². The molecule has 0 radical (unpaired) electrons. The van der Waals surface area contributed by atoms with E-state index in [0.29, 0.717) is 42.3 Å². The van der Waals surface area contributed by atoms with Crippen LogP contribution in [0.2, 0.25) is 5.15 Å². The highest BCUT2D eigenvalue weighted by Crippen LogP contribution is 2.24. The third kappa shape index (κ3) is 8.21. The Balaban J connectivity index is 1.26. The van der Waals surface area contributed by atoms with Crippen LogP contribution in [0.25, 0.3) is 0 Å². The number of thioether (sulfide) groups is 1. The van der Waals surface area contributed by atoms with E-state index in [1.165, 1.54) is 31.0 Å². The summed E-state index contributed by atoms with van der Waals surface area (Å²) < 4.78 is 0. The second-order valence-corrected chi connectivity index (χ2v) is 11.0. The van der Waals surface area contributed by atoms with E-state index in [1.807, 2.05) is 43.0 Å². The molecule has 2 aliphatic rings. The van der Waals surface area contributed by atoms with E-state index in [9.17, 15) is 9.59 Å². The van der Waals surface area contributed by atoms with E-state index < -0.39 is 0 Å². The van der Waals surface area contributed by atoms with Crippen molar-refractivity contribution in [3.8, 4) is 0 Å². The minimum absolute atomic E-state index is 0.0194. The standard InChI is InChI=1S/C26H36ClN7O2S/c1-19-7-6-8-21(15-19)29-26(36)34-14-13-33(17-20(34)2)23-16-22(27)30-25(31-23)37-18-24(35)28-9-12-32-10-4-3-5-11-32/h6-8,15-16,20H,3-5,9-14,17-18H2,1-2H3,(H,28,35)(H,29,36)/t20-/m1/s1. The first-order valence-corrected chi connectivity index (χ1v) is 14.3. The van der Waals surface area contributed by atoms with Crippen molar-refractivity contribution in [2.24, 2.45) is 0 Å². The molecule has 2 saturated heterocycles. The van der Waals surface area contributed by atoms with Crippen LogP contribution in [0.15, 0.2) is 35.5 Å². The van der Waals surface area contributed by atoms with Crippen LogP contribution in [0.5, 0.6) is 0 Å². The number of nitrogens with one attached hydrogen (secondary N) is 2. The average Bonchev–Trinajstić information content (AvgIpc) is 2.87. The Morgan fingerprint density at radius 1 is 1.11 bits per heavy atom. The molecule has 4 rings (SSSR count). The maximum absolute atomic E-state index is 12.9. The number of carbonyl (C=O) groups excluding carboxylic acids is 2. The fraction of sp³-hybridized carbons (Fsp3) is 0.538. The predicted molar refractivity (Wildman–Crippen MR) is 150 cm³/mol. The number of hydrogen-bond donors (Lipinski definition) is 2. The van der Waals surface area contributed by atoms with Gasteiger partial charge in [-0.15, -0.1) is 0 Å². The van der Waals surface area contributed by atoms with Crippen LogP contribution in [0, 0.1) is 6.92 Å². The molecule has 0 unspecified atom stereocenters. The quantitative estimate of drug-likeness (QED) is 0.295. The summed E-state index contributed by atoms with van der Waals surface area (Å²) in [7, 11) is 0. The molecular weight excluding hydrogens is 510 g/mol. The molecule has 37 heavy (non-hydrogen) atoms. The van der Waals surface area contributed by atoms with Crippen molar-refractivity contribution in [3.05, 3.63) is 41.0 Å². The third-order valence-corrected chi connectivity index (χ3v) is 7.71. The van der Waals surface area contributed by atoms with E-state index >= 15 is 0 Å². The lowest BCUT2D eigenvalue weighted by atomic mass is 10.1. The van der Waals surface area contributed by atoms with Crippen molar-refractivity contribution in [2.75, 3.05) is 61.8 Å². The summed E-state index contributed by atoms with van der Waals surface area (Å²) in [6.45, 7) is 9.61. The summed E-state index contributed by atoms with van der Waals surface area (Å²) in [5.74, 6) is 0.913. The van der Waals surface area contributed by atoms with Crippen LogP contribution < -0.4 is 15.5 Å². The Hall–Kier alpha value is -2.56. The van der Waals surface area contributed by atoms with Crippen molar-refractivity contribution in [3.63, 3.8) is 0 Å². The molecule has 1 aromatic carbocycles. The number of piperazine rings is 1. The minimum Gasteiger partial charge on any atom is -0.354 e. The Morgan fingerprint density at radius 2 is 1.92 bits per heavy atom. The molecule has 0 bridgehead atoms. The number of aromatic nitrogens is 2. The van der Waals surface area contributed by atoms with Crippen LogP contribution in [0.4, 0.5) is 16.3 Å². The van der Waals surface area contributed by atoms with Gasteiger partial charge in [-0.05, 0) is 57.5 Å². The summed E-state index contributed by atoms with van der Waals surface area (Å²) in [6, 6.07) is 9.38. The number of amides is 3. The monoisotopic (exact) mass is 545 g/mol. The van der Waals surface area contributed by atoms with Crippen molar-refractivity contribution in [2.45, 2.75) is 44.3 Å². The van der Waals surface area contributed by atoms with Crippen molar-refractivity contribution >= 4 is 46.8 Å². The smallest absolute Gasteiger partial charge is 0.322 e. The fourth-order valence-electron chi connectivity index (χ4n) is 4.72. The van der Waals surface area contributed by atoms with Crippen LogP contribution in [-0.2, 0) is 4.79 Å². The zero-order valence-corrected chi connectivity index (χ0v) is 23.2.